The van der Waals surface area contributed by atoms with Crippen LogP contribution in [0.25, 0.3) is 0 Å². The molecule has 0 saturated heterocycles. The van der Waals surface area contributed by atoms with Gasteiger partial charge in [-0.3, -0.25) is 4.98 Å². The molecule has 0 aliphatic heterocycles. The van der Waals surface area contributed by atoms with E-state index in [-0.39, 0.29) is 11.6 Å². The van der Waals surface area contributed by atoms with E-state index < -0.39 is 5.82 Å². The van der Waals surface area contributed by atoms with Gasteiger partial charge in [-0.2, -0.15) is 0 Å². The summed E-state index contributed by atoms with van der Waals surface area (Å²) in [4.78, 5) is 4.31. The molecular weight excluding hydrogens is 291 g/mol. The number of pyridine rings is 1. The molecule has 0 radical (unpaired) electrons. The summed E-state index contributed by atoms with van der Waals surface area (Å²) in [5.41, 5.74) is 1.69. The lowest BCUT2D eigenvalue weighted by molar-refractivity contribution is 0.304. The fraction of sp³-hybridized carbons (Fsp3) is 0.312. The lowest BCUT2D eigenvalue weighted by Gasteiger charge is -2.08. The van der Waals surface area contributed by atoms with E-state index in [1.807, 2.05) is 12.1 Å². The first-order valence-electron chi connectivity index (χ1n) is 6.91. The minimum atomic E-state index is -0.437. The fourth-order valence-electron chi connectivity index (χ4n) is 1.79. The molecule has 1 heterocycles. The Morgan fingerprint density at radius 3 is 2.81 bits per heavy atom. The van der Waals surface area contributed by atoms with E-state index in [2.05, 4.69) is 17.2 Å². The van der Waals surface area contributed by atoms with Crippen molar-refractivity contribution in [2.75, 3.05) is 6.54 Å². The first-order valence-corrected chi connectivity index (χ1v) is 7.29. The Balaban J connectivity index is 1.86. The van der Waals surface area contributed by atoms with E-state index in [4.69, 9.17) is 16.3 Å². The van der Waals surface area contributed by atoms with E-state index in [0.29, 0.717) is 5.75 Å². The lowest BCUT2D eigenvalue weighted by atomic mass is 10.2. The molecule has 1 aromatic heterocycles. The second-order valence-electron chi connectivity index (χ2n) is 4.70. The maximum Gasteiger partial charge on any atom is 0.142 e. The number of halogens is 2. The maximum atomic E-state index is 13.3. The molecule has 0 amide bonds. The molecule has 2 rings (SSSR count). The van der Waals surface area contributed by atoms with Crippen LogP contribution in [-0.2, 0) is 13.2 Å². The van der Waals surface area contributed by atoms with Crippen LogP contribution in [0, 0.1) is 5.82 Å². The third kappa shape index (κ3) is 4.99. The van der Waals surface area contributed by atoms with Crippen molar-refractivity contribution in [3.05, 3.63) is 58.6 Å². The van der Waals surface area contributed by atoms with Crippen molar-refractivity contribution in [3.8, 4) is 5.75 Å². The number of benzene rings is 1. The van der Waals surface area contributed by atoms with Gasteiger partial charge in [-0.1, -0.05) is 24.6 Å². The zero-order valence-corrected chi connectivity index (χ0v) is 12.7. The molecule has 5 heteroatoms. The number of hydrogen-bond donors (Lipinski definition) is 1. The van der Waals surface area contributed by atoms with Gasteiger partial charge in [-0.25, -0.2) is 4.39 Å². The van der Waals surface area contributed by atoms with E-state index in [9.17, 15) is 4.39 Å². The molecule has 0 saturated carbocycles. The standard InChI is InChI=1S/C16H18ClFN2O/c1-2-7-19-9-13-4-5-14(10-20-13)21-11-12-3-6-15(17)16(18)8-12/h3-6,8,10,19H,2,7,9,11H2,1H3. The quantitative estimate of drug-likeness (QED) is 0.786. The van der Waals surface area contributed by atoms with Crippen LogP contribution in [0.4, 0.5) is 4.39 Å². The van der Waals surface area contributed by atoms with Crippen molar-refractivity contribution in [1.82, 2.24) is 10.3 Å². The third-order valence-corrected chi connectivity index (χ3v) is 3.23. The van der Waals surface area contributed by atoms with Gasteiger partial charge >= 0.3 is 0 Å². The van der Waals surface area contributed by atoms with Gasteiger partial charge in [0.15, 0.2) is 0 Å². The number of ether oxygens (including phenoxy) is 1. The van der Waals surface area contributed by atoms with Crippen molar-refractivity contribution >= 4 is 11.6 Å². The molecule has 1 aromatic carbocycles. The molecule has 0 aliphatic rings. The Bertz CT molecular complexity index is 575. The van der Waals surface area contributed by atoms with Gasteiger partial charge in [0.2, 0.25) is 0 Å². The van der Waals surface area contributed by atoms with E-state index in [0.717, 1.165) is 30.8 Å². The van der Waals surface area contributed by atoms with Crippen LogP contribution in [0.2, 0.25) is 5.02 Å². The number of nitrogens with zero attached hydrogens (tertiary/aromatic N) is 1. The molecule has 0 spiro atoms. The van der Waals surface area contributed by atoms with Gasteiger partial charge in [0.05, 0.1) is 16.9 Å². The Kier molecular flexibility index (Phi) is 5.96. The van der Waals surface area contributed by atoms with Crippen LogP contribution in [-0.4, -0.2) is 11.5 Å². The van der Waals surface area contributed by atoms with E-state index >= 15 is 0 Å². The summed E-state index contributed by atoms with van der Waals surface area (Å²) in [5, 5.41) is 3.40. The van der Waals surface area contributed by atoms with Crippen LogP contribution >= 0.6 is 11.6 Å². The summed E-state index contributed by atoms with van der Waals surface area (Å²) in [7, 11) is 0. The molecule has 0 fully saturated rings. The predicted octanol–water partition coefficient (Wildman–Crippen LogP) is 3.95. The topological polar surface area (TPSA) is 34.1 Å². The number of rotatable bonds is 7. The predicted molar refractivity (Wildman–Crippen MR) is 82.0 cm³/mol. The SMILES string of the molecule is CCCNCc1ccc(OCc2ccc(Cl)c(F)c2)cn1. The molecule has 0 aliphatic carbocycles. The summed E-state index contributed by atoms with van der Waals surface area (Å²) < 4.78 is 18.9. The highest BCUT2D eigenvalue weighted by Crippen LogP contribution is 2.17. The summed E-state index contributed by atoms with van der Waals surface area (Å²) in [6.07, 6.45) is 2.77. The molecule has 3 nitrogen and oxygen atoms in total. The molecule has 0 unspecified atom stereocenters. The molecule has 0 atom stereocenters. The summed E-state index contributed by atoms with van der Waals surface area (Å²) in [5.74, 6) is 0.220. The minimum absolute atomic E-state index is 0.115. The van der Waals surface area contributed by atoms with Gasteiger partial charge < -0.3 is 10.1 Å². The Labute approximate surface area is 129 Å². The number of aromatic nitrogens is 1. The average molecular weight is 309 g/mol. The van der Waals surface area contributed by atoms with Crippen molar-refractivity contribution < 1.29 is 9.13 Å². The normalized spacial score (nSPS) is 10.6. The van der Waals surface area contributed by atoms with E-state index in [1.54, 1.807) is 12.3 Å². The summed E-state index contributed by atoms with van der Waals surface area (Å²) in [6, 6.07) is 8.42. The van der Waals surface area contributed by atoms with Gasteiger partial charge in [0.25, 0.3) is 0 Å². The second kappa shape index (κ2) is 7.96. The van der Waals surface area contributed by atoms with Crippen LogP contribution in [0.1, 0.15) is 24.6 Å². The van der Waals surface area contributed by atoms with Gasteiger partial charge in [0, 0.05) is 6.54 Å². The zero-order valence-electron chi connectivity index (χ0n) is 11.9. The Hall–Kier alpha value is -1.65. The highest BCUT2D eigenvalue weighted by atomic mass is 35.5. The lowest BCUT2D eigenvalue weighted by Crippen LogP contribution is -2.14. The molecule has 112 valence electrons. The number of hydrogen-bond acceptors (Lipinski definition) is 3. The smallest absolute Gasteiger partial charge is 0.142 e. The van der Waals surface area contributed by atoms with Gasteiger partial charge in [-0.15, -0.1) is 0 Å². The van der Waals surface area contributed by atoms with Crippen molar-refractivity contribution in [2.45, 2.75) is 26.5 Å². The van der Waals surface area contributed by atoms with Crippen molar-refractivity contribution in [1.29, 1.82) is 0 Å². The Morgan fingerprint density at radius 1 is 1.29 bits per heavy atom. The first kappa shape index (κ1) is 15.7. The van der Waals surface area contributed by atoms with E-state index in [1.165, 1.54) is 12.1 Å². The first-order chi connectivity index (χ1) is 10.2. The Morgan fingerprint density at radius 2 is 2.14 bits per heavy atom. The highest BCUT2D eigenvalue weighted by molar-refractivity contribution is 6.30. The largest absolute Gasteiger partial charge is 0.487 e. The molecule has 2 aromatic rings. The molecule has 1 N–H and O–H groups in total. The molecule has 0 bridgehead atoms. The van der Waals surface area contributed by atoms with Crippen LogP contribution in [0.3, 0.4) is 0 Å². The van der Waals surface area contributed by atoms with Crippen LogP contribution < -0.4 is 10.1 Å². The molecule has 21 heavy (non-hydrogen) atoms. The highest BCUT2D eigenvalue weighted by Gasteiger charge is 2.02. The monoisotopic (exact) mass is 308 g/mol. The molecular formula is C16H18ClFN2O. The summed E-state index contributed by atoms with van der Waals surface area (Å²) >= 11 is 5.64. The second-order valence-corrected chi connectivity index (χ2v) is 5.11. The fourth-order valence-corrected chi connectivity index (χ4v) is 1.91. The summed E-state index contributed by atoms with van der Waals surface area (Å²) in [6.45, 7) is 4.12. The van der Waals surface area contributed by atoms with Gasteiger partial charge in [0.1, 0.15) is 18.2 Å². The van der Waals surface area contributed by atoms with Crippen molar-refractivity contribution in [2.24, 2.45) is 0 Å². The van der Waals surface area contributed by atoms with Crippen LogP contribution in [0.15, 0.2) is 36.5 Å². The minimum Gasteiger partial charge on any atom is -0.487 e. The van der Waals surface area contributed by atoms with Crippen molar-refractivity contribution in [3.63, 3.8) is 0 Å². The maximum absolute atomic E-state index is 13.3. The third-order valence-electron chi connectivity index (χ3n) is 2.92. The zero-order chi connectivity index (χ0) is 15.1. The van der Waals surface area contributed by atoms with Crippen LogP contribution in [0.5, 0.6) is 5.75 Å². The van der Waals surface area contributed by atoms with Gasteiger partial charge in [-0.05, 0) is 42.8 Å². The average Bonchev–Trinajstić information content (AvgIpc) is 2.50. The number of nitrogens with one attached hydrogen (secondary N) is 1.